The van der Waals surface area contributed by atoms with E-state index in [1.54, 1.807) is 0 Å². The molecule has 0 radical (unpaired) electrons. The molecule has 1 N–H and O–H groups in total. The van der Waals surface area contributed by atoms with Crippen LogP contribution in [-0.2, 0) is 0 Å². The van der Waals surface area contributed by atoms with Crippen LogP contribution in [0.5, 0.6) is 0 Å². The van der Waals surface area contributed by atoms with Crippen LogP contribution in [0, 0.1) is 5.92 Å². The monoisotopic (exact) mass is 211 g/mol. The maximum atomic E-state index is 12.9. The molecule has 1 saturated heterocycles. The van der Waals surface area contributed by atoms with Gasteiger partial charge in [-0.15, -0.1) is 12.4 Å². The highest BCUT2D eigenvalue weighted by Crippen LogP contribution is 2.37. The highest BCUT2D eigenvalue weighted by Gasteiger charge is 2.40. The summed E-state index contributed by atoms with van der Waals surface area (Å²) in [6.45, 7) is 0.494. The van der Waals surface area contributed by atoms with Gasteiger partial charge < -0.3 is 5.32 Å². The van der Waals surface area contributed by atoms with Crippen LogP contribution >= 0.6 is 12.4 Å². The first-order chi connectivity index (χ1) is 5.67. The lowest BCUT2D eigenvalue weighted by molar-refractivity contribution is -0.0536. The Kier molecular flexibility index (Phi) is 3.52. The molecule has 1 heterocycles. The molecule has 0 aromatic rings. The fourth-order valence-electron chi connectivity index (χ4n) is 2.11. The zero-order chi connectivity index (χ0) is 8.60. The minimum atomic E-state index is -2.40. The van der Waals surface area contributed by atoms with Crippen molar-refractivity contribution < 1.29 is 8.78 Å². The molecule has 0 amide bonds. The summed E-state index contributed by atoms with van der Waals surface area (Å²) in [6, 6.07) is 0.0995. The van der Waals surface area contributed by atoms with Crippen LogP contribution in [0.1, 0.15) is 32.1 Å². The number of hydrogen-bond acceptors (Lipinski definition) is 1. The summed E-state index contributed by atoms with van der Waals surface area (Å²) in [4.78, 5) is 0. The number of piperidine rings is 1. The molecule has 1 saturated carbocycles. The topological polar surface area (TPSA) is 12.0 Å². The van der Waals surface area contributed by atoms with E-state index in [-0.39, 0.29) is 31.3 Å². The Hall–Kier alpha value is 0.110. The van der Waals surface area contributed by atoms with Crippen molar-refractivity contribution in [2.75, 3.05) is 6.54 Å². The van der Waals surface area contributed by atoms with Gasteiger partial charge >= 0.3 is 0 Å². The van der Waals surface area contributed by atoms with E-state index in [0.29, 0.717) is 12.5 Å². The van der Waals surface area contributed by atoms with Crippen molar-refractivity contribution in [1.29, 1.82) is 0 Å². The predicted octanol–water partition coefficient (Wildman–Crippen LogP) is 2.60. The molecule has 2 aliphatic rings. The van der Waals surface area contributed by atoms with Crippen molar-refractivity contribution in [3.8, 4) is 0 Å². The first-order valence-corrected chi connectivity index (χ1v) is 4.79. The number of alkyl halides is 2. The van der Waals surface area contributed by atoms with Gasteiger partial charge in [-0.05, 0) is 18.8 Å². The molecule has 78 valence electrons. The van der Waals surface area contributed by atoms with Gasteiger partial charge in [-0.2, -0.15) is 0 Å². The molecule has 0 aromatic carbocycles. The van der Waals surface area contributed by atoms with E-state index in [1.165, 1.54) is 6.42 Å². The standard InChI is InChI=1S/C9H15F2N.ClH/c10-9(11)4-5-12-8(6-9)7-2-1-3-7;/h7-8,12H,1-6H2;1H. The number of halogens is 3. The molecular weight excluding hydrogens is 196 g/mol. The SMILES string of the molecule is Cl.FC1(F)CCNC(C2CCC2)C1. The average molecular weight is 212 g/mol. The molecule has 0 bridgehead atoms. The molecule has 0 spiro atoms. The van der Waals surface area contributed by atoms with E-state index in [1.807, 2.05) is 0 Å². The Bertz CT molecular complexity index is 171. The largest absolute Gasteiger partial charge is 0.313 e. The van der Waals surface area contributed by atoms with Gasteiger partial charge in [-0.1, -0.05) is 6.42 Å². The highest BCUT2D eigenvalue weighted by atomic mass is 35.5. The summed E-state index contributed by atoms with van der Waals surface area (Å²) < 4.78 is 25.9. The molecule has 1 atom stereocenters. The number of hydrogen-bond donors (Lipinski definition) is 1. The summed E-state index contributed by atoms with van der Waals surface area (Å²) in [5.41, 5.74) is 0. The van der Waals surface area contributed by atoms with E-state index in [9.17, 15) is 8.78 Å². The lowest BCUT2D eigenvalue weighted by Crippen LogP contribution is -2.49. The van der Waals surface area contributed by atoms with Crippen LogP contribution in [0.25, 0.3) is 0 Å². The Labute approximate surface area is 83.7 Å². The van der Waals surface area contributed by atoms with Crippen LogP contribution in [0.3, 0.4) is 0 Å². The van der Waals surface area contributed by atoms with Gasteiger partial charge in [0, 0.05) is 25.4 Å². The number of rotatable bonds is 1. The summed E-state index contributed by atoms with van der Waals surface area (Å²) in [5, 5.41) is 3.20. The van der Waals surface area contributed by atoms with E-state index in [4.69, 9.17) is 0 Å². The van der Waals surface area contributed by atoms with Gasteiger partial charge in [0.25, 0.3) is 5.92 Å². The minimum absolute atomic E-state index is 0. The third-order valence-corrected chi connectivity index (χ3v) is 3.13. The molecule has 1 aliphatic heterocycles. The fourth-order valence-corrected chi connectivity index (χ4v) is 2.11. The Morgan fingerprint density at radius 1 is 1.23 bits per heavy atom. The summed E-state index contributed by atoms with van der Waals surface area (Å²) in [5.74, 6) is -1.86. The first-order valence-electron chi connectivity index (χ1n) is 4.79. The molecule has 1 unspecified atom stereocenters. The third kappa shape index (κ3) is 2.53. The molecule has 1 nitrogen and oxygen atoms in total. The van der Waals surface area contributed by atoms with E-state index in [0.717, 1.165) is 12.8 Å². The quantitative estimate of drug-likeness (QED) is 0.703. The molecule has 1 aliphatic carbocycles. The fraction of sp³-hybridized carbons (Fsp3) is 1.00. The summed E-state index contributed by atoms with van der Waals surface area (Å²) in [6.07, 6.45) is 3.61. The molecule has 0 aromatic heterocycles. The normalized spacial score (nSPS) is 33.2. The second-order valence-corrected chi connectivity index (χ2v) is 4.06. The maximum Gasteiger partial charge on any atom is 0.250 e. The van der Waals surface area contributed by atoms with Crippen LogP contribution < -0.4 is 5.32 Å². The molecule has 2 fully saturated rings. The Balaban J connectivity index is 0.000000845. The van der Waals surface area contributed by atoms with Crippen molar-refractivity contribution in [1.82, 2.24) is 5.32 Å². The van der Waals surface area contributed by atoms with Crippen LogP contribution in [-0.4, -0.2) is 18.5 Å². The highest BCUT2D eigenvalue weighted by molar-refractivity contribution is 5.85. The van der Waals surface area contributed by atoms with E-state index >= 15 is 0 Å². The van der Waals surface area contributed by atoms with Crippen molar-refractivity contribution in [2.45, 2.75) is 44.1 Å². The van der Waals surface area contributed by atoms with Gasteiger partial charge in [-0.3, -0.25) is 0 Å². The minimum Gasteiger partial charge on any atom is -0.313 e. The lowest BCUT2D eigenvalue weighted by atomic mass is 9.76. The molecule has 2 rings (SSSR count). The van der Waals surface area contributed by atoms with Gasteiger partial charge in [0.15, 0.2) is 0 Å². The van der Waals surface area contributed by atoms with Gasteiger partial charge in [0.1, 0.15) is 0 Å². The average Bonchev–Trinajstić information content (AvgIpc) is 1.80. The smallest absolute Gasteiger partial charge is 0.250 e. The van der Waals surface area contributed by atoms with E-state index in [2.05, 4.69) is 5.32 Å². The van der Waals surface area contributed by atoms with Gasteiger partial charge in [0.2, 0.25) is 0 Å². The summed E-state index contributed by atoms with van der Waals surface area (Å²) in [7, 11) is 0. The maximum absolute atomic E-state index is 12.9. The van der Waals surface area contributed by atoms with Gasteiger partial charge in [-0.25, -0.2) is 8.78 Å². The van der Waals surface area contributed by atoms with Crippen LogP contribution in [0.4, 0.5) is 8.78 Å². The molecule has 13 heavy (non-hydrogen) atoms. The van der Waals surface area contributed by atoms with Crippen molar-refractivity contribution >= 4 is 12.4 Å². The van der Waals surface area contributed by atoms with Crippen molar-refractivity contribution in [3.63, 3.8) is 0 Å². The predicted molar refractivity (Wildman–Crippen MR) is 50.6 cm³/mol. The van der Waals surface area contributed by atoms with Crippen LogP contribution in [0.2, 0.25) is 0 Å². The first kappa shape index (κ1) is 11.2. The second-order valence-electron chi connectivity index (χ2n) is 4.06. The van der Waals surface area contributed by atoms with E-state index < -0.39 is 5.92 Å². The zero-order valence-corrected chi connectivity index (χ0v) is 8.38. The second kappa shape index (κ2) is 4.09. The van der Waals surface area contributed by atoms with Crippen LogP contribution in [0.15, 0.2) is 0 Å². The van der Waals surface area contributed by atoms with Crippen molar-refractivity contribution in [3.05, 3.63) is 0 Å². The van der Waals surface area contributed by atoms with Gasteiger partial charge in [0.05, 0.1) is 0 Å². The molecular formula is C9H16ClF2N. The number of nitrogens with one attached hydrogen (secondary N) is 1. The third-order valence-electron chi connectivity index (χ3n) is 3.13. The zero-order valence-electron chi connectivity index (χ0n) is 7.56. The Morgan fingerprint density at radius 3 is 2.38 bits per heavy atom. The van der Waals surface area contributed by atoms with Crippen molar-refractivity contribution in [2.24, 2.45) is 5.92 Å². The Morgan fingerprint density at radius 2 is 1.92 bits per heavy atom. The summed E-state index contributed by atoms with van der Waals surface area (Å²) >= 11 is 0. The molecule has 4 heteroatoms. The lowest BCUT2D eigenvalue weighted by Gasteiger charge is -2.39.